The highest BCUT2D eigenvalue weighted by molar-refractivity contribution is 7.92. The molecule has 0 unspecified atom stereocenters. The minimum Gasteiger partial charge on any atom is -0.497 e. The van der Waals surface area contributed by atoms with Crippen LogP contribution in [0.4, 0.5) is 5.69 Å². The van der Waals surface area contributed by atoms with Crippen molar-refractivity contribution in [3.05, 3.63) is 48.0 Å². The number of carbonyl (C=O) groups excluding carboxylic acids is 1. The zero-order chi connectivity index (χ0) is 23.4. The first-order chi connectivity index (χ1) is 14.4. The maximum absolute atomic E-state index is 12.6. The lowest BCUT2D eigenvalue weighted by atomic mass is 10.1. The molecule has 0 aliphatic rings. The zero-order valence-electron chi connectivity index (χ0n) is 17.9. The zero-order valence-corrected chi connectivity index (χ0v) is 19.6. The molecule has 0 fully saturated rings. The van der Waals surface area contributed by atoms with Gasteiger partial charge in [-0.2, -0.15) is 0 Å². The molecule has 2 rings (SSSR count). The van der Waals surface area contributed by atoms with E-state index in [2.05, 4.69) is 5.32 Å². The van der Waals surface area contributed by atoms with Crippen molar-refractivity contribution in [1.82, 2.24) is 5.32 Å². The Labute approximate surface area is 182 Å². The van der Waals surface area contributed by atoms with E-state index in [9.17, 15) is 21.6 Å². The number of rotatable bonds is 9. The Kier molecular flexibility index (Phi) is 7.55. The molecule has 1 amide bonds. The second kappa shape index (κ2) is 9.56. The minimum atomic E-state index is -3.80. The summed E-state index contributed by atoms with van der Waals surface area (Å²) in [6.07, 6.45) is 2.11. The first kappa shape index (κ1) is 24.5. The van der Waals surface area contributed by atoms with Crippen molar-refractivity contribution < 1.29 is 31.1 Å². The summed E-state index contributed by atoms with van der Waals surface area (Å²) >= 11 is 0. The summed E-state index contributed by atoms with van der Waals surface area (Å²) < 4.78 is 59.3. The molecule has 0 radical (unpaired) electrons. The number of nitrogens with one attached hydrogen (secondary N) is 1. The Balaban J connectivity index is 2.22. The van der Waals surface area contributed by atoms with Crippen molar-refractivity contribution in [2.75, 3.05) is 37.6 Å². The fourth-order valence-corrected chi connectivity index (χ4v) is 4.37. The molecule has 0 aliphatic heterocycles. The van der Waals surface area contributed by atoms with Gasteiger partial charge >= 0.3 is 0 Å². The summed E-state index contributed by atoms with van der Waals surface area (Å²) in [5, 5.41) is 2.73. The van der Waals surface area contributed by atoms with Gasteiger partial charge in [-0.3, -0.25) is 9.10 Å². The maximum atomic E-state index is 12.6. The van der Waals surface area contributed by atoms with Gasteiger partial charge < -0.3 is 14.8 Å². The van der Waals surface area contributed by atoms with Crippen LogP contribution in [0.15, 0.2) is 47.4 Å². The lowest BCUT2D eigenvalue weighted by Crippen LogP contribution is -2.41. The summed E-state index contributed by atoms with van der Waals surface area (Å²) in [7, 11) is -4.26. The van der Waals surface area contributed by atoms with Crippen LogP contribution < -0.4 is 19.1 Å². The highest BCUT2D eigenvalue weighted by Crippen LogP contribution is 2.33. The van der Waals surface area contributed by atoms with Crippen LogP contribution in [0, 0.1) is 0 Å². The standard InChI is InChI=1S/C20H26N2O7S2/c1-14(15-6-9-17(10-7-15)30(4,24)25)21-20(23)13-22(31(5,26)27)18-11-8-16(28-2)12-19(18)29-3/h6-12,14H,13H2,1-5H3,(H,21,23)/t14-/m0/s1. The van der Waals surface area contributed by atoms with Gasteiger partial charge in [0.2, 0.25) is 15.9 Å². The van der Waals surface area contributed by atoms with Crippen LogP contribution in [0.25, 0.3) is 0 Å². The fraction of sp³-hybridized carbons (Fsp3) is 0.350. The van der Waals surface area contributed by atoms with E-state index in [1.54, 1.807) is 25.1 Å². The molecule has 1 N–H and O–H groups in total. The molecule has 1 atom stereocenters. The van der Waals surface area contributed by atoms with Crippen molar-refractivity contribution in [2.45, 2.75) is 17.9 Å². The average molecular weight is 471 g/mol. The van der Waals surface area contributed by atoms with Crippen molar-refractivity contribution in [1.29, 1.82) is 0 Å². The third-order valence-corrected chi connectivity index (χ3v) is 6.78. The average Bonchev–Trinajstić information content (AvgIpc) is 2.70. The van der Waals surface area contributed by atoms with E-state index in [1.807, 2.05) is 0 Å². The Bertz CT molecular complexity index is 1140. The van der Waals surface area contributed by atoms with Gasteiger partial charge in [0.05, 0.1) is 37.1 Å². The van der Waals surface area contributed by atoms with Gasteiger partial charge in [0.25, 0.3) is 0 Å². The van der Waals surface area contributed by atoms with Gasteiger partial charge in [-0.25, -0.2) is 16.8 Å². The van der Waals surface area contributed by atoms with E-state index < -0.39 is 38.4 Å². The molecular formula is C20H26N2O7S2. The van der Waals surface area contributed by atoms with Crippen LogP contribution >= 0.6 is 0 Å². The normalized spacial score (nSPS) is 12.7. The predicted octanol–water partition coefficient (Wildman–Crippen LogP) is 1.75. The summed E-state index contributed by atoms with van der Waals surface area (Å²) in [5.41, 5.74) is 0.875. The number of hydrogen-bond donors (Lipinski definition) is 1. The Morgan fingerprint density at radius 2 is 1.61 bits per heavy atom. The molecule has 2 aromatic carbocycles. The van der Waals surface area contributed by atoms with Crippen LogP contribution in [-0.4, -0.2) is 56.0 Å². The number of sulfonamides is 1. The number of nitrogens with zero attached hydrogens (tertiary/aromatic N) is 1. The molecule has 31 heavy (non-hydrogen) atoms. The molecule has 0 aliphatic carbocycles. The van der Waals surface area contributed by atoms with Gasteiger partial charge in [-0.05, 0) is 36.8 Å². The number of amides is 1. The number of methoxy groups -OCH3 is 2. The number of ether oxygens (including phenoxy) is 2. The second-order valence-corrected chi connectivity index (χ2v) is 10.9. The van der Waals surface area contributed by atoms with Gasteiger partial charge in [0.15, 0.2) is 9.84 Å². The molecular weight excluding hydrogens is 444 g/mol. The molecule has 2 aromatic rings. The number of hydrogen-bond acceptors (Lipinski definition) is 7. The minimum absolute atomic E-state index is 0.171. The van der Waals surface area contributed by atoms with Crippen molar-refractivity contribution >= 4 is 31.5 Å². The third-order valence-electron chi connectivity index (χ3n) is 4.53. The van der Waals surface area contributed by atoms with Gasteiger partial charge in [0, 0.05) is 12.3 Å². The van der Waals surface area contributed by atoms with Gasteiger partial charge in [0.1, 0.15) is 18.0 Å². The van der Waals surface area contributed by atoms with E-state index in [-0.39, 0.29) is 16.3 Å². The second-order valence-electron chi connectivity index (χ2n) is 6.94. The number of anilines is 1. The highest BCUT2D eigenvalue weighted by Gasteiger charge is 2.25. The topological polar surface area (TPSA) is 119 Å². The number of carbonyl (C=O) groups is 1. The maximum Gasteiger partial charge on any atom is 0.241 e. The van der Waals surface area contributed by atoms with E-state index in [4.69, 9.17) is 9.47 Å². The van der Waals surface area contributed by atoms with E-state index in [0.717, 1.165) is 16.8 Å². The third kappa shape index (κ3) is 6.34. The summed E-state index contributed by atoms with van der Waals surface area (Å²) in [4.78, 5) is 12.8. The van der Waals surface area contributed by atoms with Crippen molar-refractivity contribution in [2.24, 2.45) is 0 Å². The predicted molar refractivity (Wildman–Crippen MR) is 118 cm³/mol. The van der Waals surface area contributed by atoms with Crippen LogP contribution in [0.3, 0.4) is 0 Å². The Morgan fingerprint density at radius 3 is 2.10 bits per heavy atom. The summed E-state index contributed by atoms with van der Waals surface area (Å²) in [6.45, 7) is 1.25. The number of sulfone groups is 1. The van der Waals surface area contributed by atoms with Gasteiger partial charge in [-0.1, -0.05) is 12.1 Å². The monoisotopic (exact) mass is 470 g/mol. The lowest BCUT2D eigenvalue weighted by molar-refractivity contribution is -0.120. The van der Waals surface area contributed by atoms with Crippen LogP contribution in [0.1, 0.15) is 18.5 Å². The molecule has 0 aromatic heterocycles. The molecule has 0 spiro atoms. The molecule has 0 saturated heterocycles. The first-order valence-electron chi connectivity index (χ1n) is 9.16. The molecule has 9 nitrogen and oxygen atoms in total. The number of benzene rings is 2. The van der Waals surface area contributed by atoms with Gasteiger partial charge in [-0.15, -0.1) is 0 Å². The lowest BCUT2D eigenvalue weighted by Gasteiger charge is -2.25. The quantitative estimate of drug-likeness (QED) is 0.593. The van der Waals surface area contributed by atoms with E-state index in [0.29, 0.717) is 11.3 Å². The van der Waals surface area contributed by atoms with Crippen molar-refractivity contribution in [3.8, 4) is 11.5 Å². The van der Waals surface area contributed by atoms with Crippen molar-refractivity contribution in [3.63, 3.8) is 0 Å². The Morgan fingerprint density at radius 1 is 1.00 bits per heavy atom. The molecule has 0 bridgehead atoms. The SMILES string of the molecule is COc1ccc(N(CC(=O)N[C@@H](C)c2ccc(S(C)(=O)=O)cc2)S(C)(=O)=O)c(OC)c1. The summed E-state index contributed by atoms with van der Waals surface area (Å²) in [5.74, 6) is 0.176. The summed E-state index contributed by atoms with van der Waals surface area (Å²) in [6, 6.07) is 10.2. The molecule has 170 valence electrons. The largest absolute Gasteiger partial charge is 0.497 e. The smallest absolute Gasteiger partial charge is 0.241 e. The Hall–Kier alpha value is -2.79. The van der Waals surface area contributed by atoms with Crippen LogP contribution in [0.5, 0.6) is 11.5 Å². The van der Waals surface area contributed by atoms with Crippen LogP contribution in [-0.2, 0) is 24.7 Å². The van der Waals surface area contributed by atoms with E-state index >= 15 is 0 Å². The van der Waals surface area contributed by atoms with Crippen LogP contribution in [0.2, 0.25) is 0 Å². The van der Waals surface area contributed by atoms with E-state index in [1.165, 1.54) is 38.5 Å². The molecule has 0 heterocycles. The molecule has 11 heteroatoms. The highest BCUT2D eigenvalue weighted by atomic mass is 32.2. The fourth-order valence-electron chi connectivity index (χ4n) is 2.88. The first-order valence-corrected chi connectivity index (χ1v) is 12.9. The molecule has 0 saturated carbocycles.